The Morgan fingerprint density at radius 3 is 2.81 bits per heavy atom. The van der Waals surface area contributed by atoms with E-state index < -0.39 is 0 Å². The van der Waals surface area contributed by atoms with E-state index in [1.807, 2.05) is 19.2 Å². The summed E-state index contributed by atoms with van der Waals surface area (Å²) in [7, 11) is 1.99. The number of nitriles is 1. The maximum Gasteiger partial charge on any atom is 0.0991 e. The van der Waals surface area contributed by atoms with Crippen molar-refractivity contribution >= 4 is 0 Å². The van der Waals surface area contributed by atoms with Crippen LogP contribution in [0.1, 0.15) is 43.0 Å². The van der Waals surface area contributed by atoms with Gasteiger partial charge in [0.15, 0.2) is 0 Å². The maximum absolute atomic E-state index is 8.93. The minimum Gasteiger partial charge on any atom is -0.313 e. The summed E-state index contributed by atoms with van der Waals surface area (Å²) in [6, 6.07) is 8.66. The lowest BCUT2D eigenvalue weighted by molar-refractivity contribution is 0.265. The topological polar surface area (TPSA) is 35.8 Å². The van der Waals surface area contributed by atoms with Gasteiger partial charge in [0, 0.05) is 6.04 Å². The fourth-order valence-corrected chi connectivity index (χ4v) is 2.66. The Labute approximate surface area is 97.3 Å². The Balaban J connectivity index is 2.47. The fourth-order valence-electron chi connectivity index (χ4n) is 2.66. The van der Waals surface area contributed by atoms with E-state index in [9.17, 15) is 0 Å². The van der Waals surface area contributed by atoms with Crippen LogP contribution in [0, 0.1) is 16.7 Å². The molecule has 2 nitrogen and oxygen atoms in total. The highest BCUT2D eigenvalue weighted by molar-refractivity contribution is 5.41. The van der Waals surface area contributed by atoms with E-state index in [0.717, 1.165) is 18.4 Å². The van der Waals surface area contributed by atoms with Crippen LogP contribution >= 0.6 is 0 Å². The summed E-state index contributed by atoms with van der Waals surface area (Å²) in [6.45, 7) is 4.61. The Morgan fingerprint density at radius 1 is 1.44 bits per heavy atom. The molecule has 0 heterocycles. The van der Waals surface area contributed by atoms with Gasteiger partial charge in [-0.25, -0.2) is 0 Å². The summed E-state index contributed by atoms with van der Waals surface area (Å²) >= 11 is 0. The molecular weight excluding hydrogens is 196 g/mol. The van der Waals surface area contributed by atoms with Crippen molar-refractivity contribution in [2.24, 2.45) is 5.41 Å². The van der Waals surface area contributed by atoms with Crippen molar-refractivity contribution in [3.05, 3.63) is 34.9 Å². The first-order chi connectivity index (χ1) is 7.55. The minimum absolute atomic E-state index is 0.342. The summed E-state index contributed by atoms with van der Waals surface area (Å²) in [4.78, 5) is 0. The van der Waals surface area contributed by atoms with Crippen molar-refractivity contribution < 1.29 is 0 Å². The van der Waals surface area contributed by atoms with E-state index >= 15 is 0 Å². The molecule has 1 aliphatic carbocycles. The highest BCUT2D eigenvalue weighted by atomic mass is 14.9. The van der Waals surface area contributed by atoms with Crippen LogP contribution < -0.4 is 5.32 Å². The first-order valence-electron chi connectivity index (χ1n) is 5.76. The van der Waals surface area contributed by atoms with Crippen LogP contribution in [0.15, 0.2) is 18.2 Å². The van der Waals surface area contributed by atoms with E-state index in [4.69, 9.17) is 5.26 Å². The Kier molecular flexibility index (Phi) is 2.73. The smallest absolute Gasteiger partial charge is 0.0991 e. The normalized spacial score (nSPS) is 22.2. The van der Waals surface area contributed by atoms with Gasteiger partial charge >= 0.3 is 0 Å². The van der Waals surface area contributed by atoms with Crippen molar-refractivity contribution in [1.82, 2.24) is 5.32 Å². The molecule has 1 N–H and O–H groups in total. The first kappa shape index (κ1) is 11.2. The summed E-state index contributed by atoms with van der Waals surface area (Å²) in [5.41, 5.74) is 3.80. The Hall–Kier alpha value is -1.33. The monoisotopic (exact) mass is 214 g/mol. The summed E-state index contributed by atoms with van der Waals surface area (Å²) in [5, 5.41) is 12.3. The van der Waals surface area contributed by atoms with E-state index in [0.29, 0.717) is 11.5 Å². The number of hydrogen-bond acceptors (Lipinski definition) is 2. The van der Waals surface area contributed by atoms with Gasteiger partial charge in [0.2, 0.25) is 0 Å². The van der Waals surface area contributed by atoms with Gasteiger partial charge in [-0.3, -0.25) is 0 Å². The molecule has 2 heteroatoms. The molecule has 0 aromatic heterocycles. The molecule has 0 fully saturated rings. The Bertz CT molecular complexity index is 441. The van der Waals surface area contributed by atoms with Gasteiger partial charge in [-0.05, 0) is 48.6 Å². The molecule has 2 rings (SSSR count). The van der Waals surface area contributed by atoms with E-state index in [1.165, 1.54) is 11.1 Å². The van der Waals surface area contributed by atoms with Gasteiger partial charge in [-0.15, -0.1) is 0 Å². The predicted octanol–water partition coefficient (Wildman–Crippen LogP) is 2.79. The van der Waals surface area contributed by atoms with Crippen molar-refractivity contribution in [1.29, 1.82) is 5.26 Å². The average Bonchev–Trinajstić information content (AvgIpc) is 2.26. The summed E-state index contributed by atoms with van der Waals surface area (Å²) in [6.07, 6.45) is 2.23. The number of rotatable bonds is 1. The first-order valence-corrected chi connectivity index (χ1v) is 5.76. The number of benzene rings is 1. The summed E-state index contributed by atoms with van der Waals surface area (Å²) < 4.78 is 0. The number of fused-ring (bicyclic) bond motifs is 1. The molecule has 84 valence electrons. The van der Waals surface area contributed by atoms with Gasteiger partial charge in [-0.2, -0.15) is 5.26 Å². The third kappa shape index (κ3) is 1.96. The molecule has 1 aliphatic rings. The minimum atomic E-state index is 0.342. The van der Waals surface area contributed by atoms with Crippen LogP contribution in [0.25, 0.3) is 0 Å². The van der Waals surface area contributed by atoms with Crippen LogP contribution in [-0.4, -0.2) is 7.05 Å². The van der Waals surface area contributed by atoms with Crippen LogP contribution in [0.3, 0.4) is 0 Å². The molecule has 0 amide bonds. The molecule has 1 unspecified atom stereocenters. The average molecular weight is 214 g/mol. The van der Waals surface area contributed by atoms with Crippen molar-refractivity contribution in [2.45, 2.75) is 32.7 Å². The predicted molar refractivity (Wildman–Crippen MR) is 65.1 cm³/mol. The second-order valence-corrected chi connectivity index (χ2v) is 5.41. The number of nitrogens with one attached hydrogen (secondary N) is 1. The highest BCUT2D eigenvalue weighted by Gasteiger charge is 2.31. The standard InChI is InChI=1S/C14H18N2/c1-14(2)7-11-5-4-10(9-15)6-12(11)13(8-14)16-3/h4-6,13,16H,7-8H2,1-3H3. The summed E-state index contributed by atoms with van der Waals surface area (Å²) in [5.74, 6) is 0. The molecule has 0 bridgehead atoms. The van der Waals surface area contributed by atoms with E-state index in [-0.39, 0.29) is 0 Å². The van der Waals surface area contributed by atoms with E-state index in [2.05, 4.69) is 31.3 Å². The molecule has 0 radical (unpaired) electrons. The van der Waals surface area contributed by atoms with Crippen LogP contribution in [0.5, 0.6) is 0 Å². The van der Waals surface area contributed by atoms with Gasteiger partial charge in [0.05, 0.1) is 11.6 Å². The number of nitrogens with zero attached hydrogens (tertiary/aromatic N) is 1. The molecule has 0 saturated heterocycles. The lowest BCUT2D eigenvalue weighted by Gasteiger charge is -2.37. The molecule has 1 aromatic rings. The molecule has 1 atom stereocenters. The highest BCUT2D eigenvalue weighted by Crippen LogP contribution is 2.40. The third-order valence-corrected chi connectivity index (χ3v) is 3.42. The van der Waals surface area contributed by atoms with Crippen molar-refractivity contribution in [3.63, 3.8) is 0 Å². The van der Waals surface area contributed by atoms with Gasteiger partial charge in [0.1, 0.15) is 0 Å². The third-order valence-electron chi connectivity index (χ3n) is 3.42. The zero-order valence-electron chi connectivity index (χ0n) is 10.2. The van der Waals surface area contributed by atoms with Gasteiger partial charge in [0.25, 0.3) is 0 Å². The fraction of sp³-hybridized carbons (Fsp3) is 0.500. The zero-order valence-corrected chi connectivity index (χ0v) is 10.2. The lowest BCUT2D eigenvalue weighted by atomic mass is 9.72. The number of hydrogen-bond donors (Lipinski definition) is 1. The SMILES string of the molecule is CNC1CC(C)(C)Cc2ccc(C#N)cc21. The second kappa shape index (κ2) is 3.92. The van der Waals surface area contributed by atoms with Crippen molar-refractivity contribution in [3.8, 4) is 6.07 Å². The molecule has 0 aliphatic heterocycles. The van der Waals surface area contributed by atoms with E-state index in [1.54, 1.807) is 0 Å². The molecule has 0 saturated carbocycles. The zero-order chi connectivity index (χ0) is 11.8. The van der Waals surface area contributed by atoms with Crippen LogP contribution in [0.2, 0.25) is 0 Å². The second-order valence-electron chi connectivity index (χ2n) is 5.41. The molecular formula is C14H18N2. The van der Waals surface area contributed by atoms with Gasteiger partial charge < -0.3 is 5.32 Å². The molecule has 1 aromatic carbocycles. The maximum atomic E-state index is 8.93. The molecule has 16 heavy (non-hydrogen) atoms. The lowest BCUT2D eigenvalue weighted by Crippen LogP contribution is -2.31. The van der Waals surface area contributed by atoms with Crippen LogP contribution in [-0.2, 0) is 6.42 Å². The largest absolute Gasteiger partial charge is 0.313 e. The Morgan fingerprint density at radius 2 is 2.19 bits per heavy atom. The molecule has 0 spiro atoms. The van der Waals surface area contributed by atoms with Crippen molar-refractivity contribution in [2.75, 3.05) is 7.05 Å². The quantitative estimate of drug-likeness (QED) is 0.780. The van der Waals surface area contributed by atoms with Gasteiger partial charge in [-0.1, -0.05) is 19.9 Å². The van der Waals surface area contributed by atoms with Crippen LogP contribution in [0.4, 0.5) is 0 Å².